The Morgan fingerprint density at radius 1 is 1.56 bits per heavy atom. The fourth-order valence-corrected chi connectivity index (χ4v) is 1.13. The highest BCUT2D eigenvalue weighted by Crippen LogP contribution is 2.31. The van der Waals surface area contributed by atoms with E-state index in [9.17, 15) is 9.18 Å². The monoisotopic (exact) mass is 247 g/mol. The van der Waals surface area contributed by atoms with E-state index in [4.69, 9.17) is 27.2 Å². The molecule has 3 N–H and O–H groups in total. The molecule has 16 heavy (non-hydrogen) atoms. The number of halogens is 2. The zero-order valence-electron chi connectivity index (χ0n) is 8.75. The first kappa shape index (κ1) is 12.6. The van der Waals surface area contributed by atoms with Crippen LogP contribution >= 0.6 is 11.6 Å². The van der Waals surface area contributed by atoms with E-state index < -0.39 is 17.4 Å². The van der Waals surface area contributed by atoms with E-state index >= 15 is 0 Å². The van der Waals surface area contributed by atoms with Crippen LogP contribution in [0.3, 0.4) is 0 Å². The number of carbonyl (C=O) groups is 1. The molecule has 0 unspecified atom stereocenters. The first-order chi connectivity index (χ1) is 7.24. The molecule has 6 heteroatoms. The number of hydrogen-bond donors (Lipinski definition) is 2. The van der Waals surface area contributed by atoms with Gasteiger partial charge in [-0.2, -0.15) is 0 Å². The lowest BCUT2D eigenvalue weighted by Gasteiger charge is -2.22. The van der Waals surface area contributed by atoms with Crippen molar-refractivity contribution in [3.8, 4) is 5.75 Å². The van der Waals surface area contributed by atoms with Gasteiger partial charge in [-0.25, -0.2) is 9.18 Å². The first-order valence-corrected chi connectivity index (χ1v) is 4.79. The lowest BCUT2D eigenvalue weighted by Crippen LogP contribution is -2.38. The van der Waals surface area contributed by atoms with E-state index in [0.29, 0.717) is 0 Å². The standard InChI is InChI=1S/C10H11ClFNO3/c1-10(2,9(14)15)16-8-4-7(13)6(12)3-5(8)11/h3-4H,13H2,1-2H3,(H,14,15). The van der Waals surface area contributed by atoms with Crippen LogP contribution < -0.4 is 10.5 Å². The van der Waals surface area contributed by atoms with Crippen molar-refractivity contribution in [3.63, 3.8) is 0 Å². The maximum absolute atomic E-state index is 13.0. The molecule has 0 atom stereocenters. The van der Waals surface area contributed by atoms with Crippen LogP contribution in [0.15, 0.2) is 12.1 Å². The second kappa shape index (κ2) is 4.17. The Kier molecular flexibility index (Phi) is 3.28. The molecule has 0 fully saturated rings. The van der Waals surface area contributed by atoms with Gasteiger partial charge < -0.3 is 15.6 Å². The summed E-state index contributed by atoms with van der Waals surface area (Å²) < 4.78 is 18.1. The largest absolute Gasteiger partial charge is 0.478 e. The maximum Gasteiger partial charge on any atom is 0.347 e. The summed E-state index contributed by atoms with van der Waals surface area (Å²) in [7, 11) is 0. The van der Waals surface area contributed by atoms with Gasteiger partial charge in [-0.1, -0.05) is 11.6 Å². The fourth-order valence-electron chi connectivity index (χ4n) is 0.942. The molecular formula is C10H11ClFNO3. The molecule has 0 aliphatic rings. The molecule has 1 aromatic carbocycles. The predicted octanol–water partition coefficient (Wildman–Crippen LogP) is 2.30. The average molecular weight is 248 g/mol. The third-order valence-electron chi connectivity index (χ3n) is 1.93. The summed E-state index contributed by atoms with van der Waals surface area (Å²) in [6.07, 6.45) is 0. The molecule has 0 aromatic heterocycles. The van der Waals surface area contributed by atoms with Crippen molar-refractivity contribution in [2.24, 2.45) is 0 Å². The normalized spacial score (nSPS) is 11.2. The van der Waals surface area contributed by atoms with E-state index in [-0.39, 0.29) is 16.5 Å². The van der Waals surface area contributed by atoms with Gasteiger partial charge in [0.1, 0.15) is 11.6 Å². The number of aliphatic carboxylic acids is 1. The van der Waals surface area contributed by atoms with E-state index in [1.807, 2.05) is 0 Å². The van der Waals surface area contributed by atoms with Crippen molar-refractivity contribution in [2.45, 2.75) is 19.4 Å². The Labute approximate surface area is 96.8 Å². The smallest absolute Gasteiger partial charge is 0.347 e. The van der Waals surface area contributed by atoms with E-state index in [1.165, 1.54) is 13.8 Å². The summed E-state index contributed by atoms with van der Waals surface area (Å²) in [4.78, 5) is 10.8. The van der Waals surface area contributed by atoms with Gasteiger partial charge in [-0.15, -0.1) is 0 Å². The van der Waals surface area contributed by atoms with E-state index in [2.05, 4.69) is 0 Å². The molecule has 88 valence electrons. The second-order valence-electron chi connectivity index (χ2n) is 3.72. The van der Waals surface area contributed by atoms with Crippen LogP contribution in [0, 0.1) is 5.82 Å². The molecule has 0 aliphatic heterocycles. The molecule has 1 rings (SSSR count). The van der Waals surface area contributed by atoms with Crippen LogP contribution in [0.2, 0.25) is 5.02 Å². The Morgan fingerprint density at radius 2 is 2.12 bits per heavy atom. The Balaban J connectivity index is 3.07. The van der Waals surface area contributed by atoms with Crippen molar-refractivity contribution in [2.75, 3.05) is 5.73 Å². The molecule has 0 heterocycles. The van der Waals surface area contributed by atoms with Gasteiger partial charge in [-0.3, -0.25) is 0 Å². The molecule has 0 saturated heterocycles. The van der Waals surface area contributed by atoms with E-state index in [0.717, 1.165) is 12.1 Å². The van der Waals surface area contributed by atoms with E-state index in [1.54, 1.807) is 0 Å². The van der Waals surface area contributed by atoms with Crippen molar-refractivity contribution < 1.29 is 19.0 Å². The summed E-state index contributed by atoms with van der Waals surface area (Å²) in [5, 5.41) is 8.82. The molecule has 0 bridgehead atoms. The lowest BCUT2D eigenvalue weighted by molar-refractivity contribution is -0.152. The van der Waals surface area contributed by atoms with Gasteiger partial charge in [0.25, 0.3) is 0 Å². The number of anilines is 1. The number of rotatable bonds is 3. The quantitative estimate of drug-likeness (QED) is 0.804. The Hall–Kier alpha value is -1.49. The topological polar surface area (TPSA) is 72.5 Å². The Morgan fingerprint density at radius 3 is 2.62 bits per heavy atom. The minimum atomic E-state index is -1.46. The Bertz CT molecular complexity index is 434. The van der Waals surface area contributed by atoms with Crippen LogP contribution in [0.5, 0.6) is 5.75 Å². The number of nitrogen functional groups attached to an aromatic ring is 1. The molecule has 4 nitrogen and oxygen atoms in total. The lowest BCUT2D eigenvalue weighted by atomic mass is 10.1. The molecule has 0 spiro atoms. The number of ether oxygens (including phenoxy) is 1. The highest BCUT2D eigenvalue weighted by molar-refractivity contribution is 6.32. The van der Waals surface area contributed by atoms with Gasteiger partial charge in [0.2, 0.25) is 0 Å². The highest BCUT2D eigenvalue weighted by Gasteiger charge is 2.30. The summed E-state index contributed by atoms with van der Waals surface area (Å²) in [5.41, 5.74) is 3.71. The second-order valence-corrected chi connectivity index (χ2v) is 4.13. The molecular weight excluding hydrogens is 237 g/mol. The number of carboxylic acids is 1. The van der Waals surface area contributed by atoms with Crippen LogP contribution in [-0.2, 0) is 4.79 Å². The molecule has 0 amide bonds. The number of nitrogens with two attached hydrogens (primary N) is 1. The zero-order chi connectivity index (χ0) is 12.5. The number of hydrogen-bond acceptors (Lipinski definition) is 3. The summed E-state index contributed by atoms with van der Waals surface area (Å²) in [6, 6.07) is 2.13. The average Bonchev–Trinajstić information content (AvgIpc) is 2.13. The number of benzene rings is 1. The fraction of sp³-hybridized carbons (Fsp3) is 0.300. The SMILES string of the molecule is CC(C)(Oc1cc(N)c(F)cc1Cl)C(=O)O. The summed E-state index contributed by atoms with van der Waals surface area (Å²) >= 11 is 5.70. The zero-order valence-corrected chi connectivity index (χ0v) is 9.51. The van der Waals surface area contributed by atoms with Gasteiger partial charge in [0.05, 0.1) is 10.7 Å². The molecule has 0 radical (unpaired) electrons. The third-order valence-corrected chi connectivity index (χ3v) is 2.23. The molecule has 1 aromatic rings. The van der Waals surface area contributed by atoms with Crippen molar-refractivity contribution in [3.05, 3.63) is 23.0 Å². The number of carboxylic acid groups (broad SMARTS) is 1. The summed E-state index contributed by atoms with van der Waals surface area (Å²) in [5.74, 6) is -1.80. The van der Waals surface area contributed by atoms with Crippen LogP contribution in [-0.4, -0.2) is 16.7 Å². The van der Waals surface area contributed by atoms with Crippen LogP contribution in [0.1, 0.15) is 13.8 Å². The van der Waals surface area contributed by atoms with Gasteiger partial charge in [0.15, 0.2) is 5.60 Å². The maximum atomic E-state index is 13.0. The van der Waals surface area contributed by atoms with Gasteiger partial charge in [0, 0.05) is 6.07 Å². The highest BCUT2D eigenvalue weighted by atomic mass is 35.5. The van der Waals surface area contributed by atoms with Gasteiger partial charge >= 0.3 is 5.97 Å². The summed E-state index contributed by atoms with van der Waals surface area (Å²) in [6.45, 7) is 2.70. The van der Waals surface area contributed by atoms with Crippen LogP contribution in [0.4, 0.5) is 10.1 Å². The third kappa shape index (κ3) is 2.55. The predicted molar refractivity (Wildman–Crippen MR) is 58.2 cm³/mol. The van der Waals surface area contributed by atoms with Crippen molar-refractivity contribution >= 4 is 23.3 Å². The first-order valence-electron chi connectivity index (χ1n) is 4.41. The minimum Gasteiger partial charge on any atom is -0.478 e. The molecule has 0 saturated carbocycles. The van der Waals surface area contributed by atoms with Crippen LogP contribution in [0.25, 0.3) is 0 Å². The molecule has 0 aliphatic carbocycles. The minimum absolute atomic E-state index is 0.0268. The van der Waals surface area contributed by atoms with Crippen molar-refractivity contribution in [1.82, 2.24) is 0 Å². The van der Waals surface area contributed by atoms with Crippen molar-refractivity contribution in [1.29, 1.82) is 0 Å². The van der Waals surface area contributed by atoms with Gasteiger partial charge in [-0.05, 0) is 19.9 Å².